The Bertz CT molecular complexity index is 737. The largest absolute Gasteiger partial charge is 0.308 e. The van der Waals surface area contributed by atoms with Gasteiger partial charge in [0.25, 0.3) is 5.91 Å². The molecule has 1 heterocycles. The highest BCUT2D eigenvalue weighted by molar-refractivity contribution is 6.07. The molecular formula is C18H16FNO2. The van der Waals surface area contributed by atoms with Gasteiger partial charge in [0.1, 0.15) is 5.82 Å². The number of halogens is 1. The number of nitrogens with zero attached hydrogens (tertiary/aromatic N) is 1. The van der Waals surface area contributed by atoms with Gasteiger partial charge in [-0.25, -0.2) is 4.39 Å². The summed E-state index contributed by atoms with van der Waals surface area (Å²) in [5.41, 5.74) is 2.97. The second-order valence-electron chi connectivity index (χ2n) is 5.47. The Morgan fingerprint density at radius 1 is 1.05 bits per heavy atom. The molecule has 22 heavy (non-hydrogen) atoms. The highest BCUT2D eigenvalue weighted by Crippen LogP contribution is 2.29. The normalized spacial score (nSPS) is 13.6. The molecule has 1 aliphatic rings. The third-order valence-electron chi connectivity index (χ3n) is 3.94. The Labute approximate surface area is 128 Å². The standard InChI is InChI=1S/C18H16FNO2/c1-12(21)14-6-9-17-15(11-14)3-2-10-20(17)18(22)13-4-7-16(19)8-5-13/h4-9,11H,2-3,10H2,1H3. The summed E-state index contributed by atoms with van der Waals surface area (Å²) in [5.74, 6) is -0.483. The first-order chi connectivity index (χ1) is 10.6. The van der Waals surface area contributed by atoms with Gasteiger partial charge in [0, 0.05) is 23.4 Å². The molecule has 0 aromatic heterocycles. The molecule has 0 fully saturated rings. The quantitative estimate of drug-likeness (QED) is 0.794. The number of fused-ring (bicyclic) bond motifs is 1. The van der Waals surface area contributed by atoms with E-state index in [4.69, 9.17) is 0 Å². The van der Waals surface area contributed by atoms with Crippen molar-refractivity contribution in [3.05, 3.63) is 65.0 Å². The summed E-state index contributed by atoms with van der Waals surface area (Å²) < 4.78 is 13.0. The molecule has 0 aliphatic carbocycles. The second-order valence-corrected chi connectivity index (χ2v) is 5.47. The average molecular weight is 297 g/mol. The van der Waals surface area contributed by atoms with E-state index in [1.807, 2.05) is 12.1 Å². The highest BCUT2D eigenvalue weighted by Gasteiger charge is 2.24. The van der Waals surface area contributed by atoms with Gasteiger partial charge in [-0.1, -0.05) is 0 Å². The number of carbonyl (C=O) groups is 2. The van der Waals surface area contributed by atoms with Crippen LogP contribution in [-0.4, -0.2) is 18.2 Å². The molecule has 2 aromatic rings. The van der Waals surface area contributed by atoms with Crippen LogP contribution >= 0.6 is 0 Å². The van der Waals surface area contributed by atoms with Crippen molar-refractivity contribution in [2.45, 2.75) is 19.8 Å². The number of aryl methyl sites for hydroxylation is 1. The van der Waals surface area contributed by atoms with Crippen molar-refractivity contribution in [1.29, 1.82) is 0 Å². The van der Waals surface area contributed by atoms with Crippen molar-refractivity contribution in [3.63, 3.8) is 0 Å². The molecule has 0 saturated heterocycles. The van der Waals surface area contributed by atoms with Gasteiger partial charge in [0.15, 0.2) is 5.78 Å². The molecule has 3 rings (SSSR count). The molecule has 0 atom stereocenters. The molecule has 1 amide bonds. The number of rotatable bonds is 2. The molecule has 4 heteroatoms. The molecule has 0 spiro atoms. The first-order valence-corrected chi connectivity index (χ1v) is 7.27. The molecule has 112 valence electrons. The summed E-state index contributed by atoms with van der Waals surface area (Å²) >= 11 is 0. The molecule has 3 nitrogen and oxygen atoms in total. The zero-order valence-corrected chi connectivity index (χ0v) is 12.3. The summed E-state index contributed by atoms with van der Waals surface area (Å²) in [4.78, 5) is 25.8. The lowest BCUT2D eigenvalue weighted by molar-refractivity contribution is 0.0984. The fraction of sp³-hybridized carbons (Fsp3) is 0.222. The van der Waals surface area contributed by atoms with E-state index in [2.05, 4.69) is 0 Å². The van der Waals surface area contributed by atoms with Crippen molar-refractivity contribution in [1.82, 2.24) is 0 Å². The van der Waals surface area contributed by atoms with Gasteiger partial charge in [0.2, 0.25) is 0 Å². The van der Waals surface area contributed by atoms with Crippen LogP contribution in [0.25, 0.3) is 0 Å². The lowest BCUT2D eigenvalue weighted by Crippen LogP contribution is -2.35. The minimum Gasteiger partial charge on any atom is -0.308 e. The first-order valence-electron chi connectivity index (χ1n) is 7.27. The van der Waals surface area contributed by atoms with Crippen LogP contribution in [0.3, 0.4) is 0 Å². The maximum Gasteiger partial charge on any atom is 0.258 e. The van der Waals surface area contributed by atoms with E-state index in [-0.39, 0.29) is 17.5 Å². The van der Waals surface area contributed by atoms with E-state index in [0.29, 0.717) is 17.7 Å². The van der Waals surface area contributed by atoms with Crippen LogP contribution in [-0.2, 0) is 6.42 Å². The van der Waals surface area contributed by atoms with Gasteiger partial charge in [-0.05, 0) is 67.8 Å². The van der Waals surface area contributed by atoms with Crippen molar-refractivity contribution in [3.8, 4) is 0 Å². The summed E-state index contributed by atoms with van der Waals surface area (Å²) in [6, 6.07) is 11.0. The van der Waals surface area contributed by atoms with Crippen molar-refractivity contribution in [2.75, 3.05) is 11.4 Å². The summed E-state index contributed by atoms with van der Waals surface area (Å²) in [6.07, 6.45) is 1.70. The molecule has 0 unspecified atom stereocenters. The van der Waals surface area contributed by atoms with E-state index >= 15 is 0 Å². The van der Waals surface area contributed by atoms with Gasteiger partial charge in [-0.3, -0.25) is 9.59 Å². The van der Waals surface area contributed by atoms with E-state index in [9.17, 15) is 14.0 Å². The lowest BCUT2D eigenvalue weighted by Gasteiger charge is -2.30. The monoisotopic (exact) mass is 297 g/mol. The molecule has 2 aromatic carbocycles. The SMILES string of the molecule is CC(=O)c1ccc2c(c1)CCCN2C(=O)c1ccc(F)cc1. The Morgan fingerprint density at radius 2 is 1.73 bits per heavy atom. The van der Waals surface area contributed by atoms with Crippen molar-refractivity contribution < 1.29 is 14.0 Å². The van der Waals surface area contributed by atoms with Gasteiger partial charge in [-0.2, -0.15) is 0 Å². The topological polar surface area (TPSA) is 37.4 Å². The number of hydrogen-bond donors (Lipinski definition) is 0. The van der Waals surface area contributed by atoms with Crippen LogP contribution in [0, 0.1) is 5.82 Å². The van der Waals surface area contributed by atoms with E-state index in [1.165, 1.54) is 31.2 Å². The average Bonchev–Trinajstić information content (AvgIpc) is 2.53. The number of carbonyl (C=O) groups excluding carboxylic acids is 2. The van der Waals surface area contributed by atoms with Crippen LogP contribution in [0.1, 0.15) is 39.6 Å². The second kappa shape index (κ2) is 5.72. The van der Waals surface area contributed by atoms with Crippen LogP contribution in [0.4, 0.5) is 10.1 Å². The maximum atomic E-state index is 13.0. The van der Waals surface area contributed by atoms with Crippen molar-refractivity contribution >= 4 is 17.4 Å². The Balaban J connectivity index is 1.96. The van der Waals surface area contributed by atoms with Crippen LogP contribution in [0.2, 0.25) is 0 Å². The Hall–Kier alpha value is -2.49. The minimum atomic E-state index is -0.360. The molecule has 0 radical (unpaired) electrons. The van der Waals surface area contributed by atoms with Crippen molar-refractivity contribution in [2.24, 2.45) is 0 Å². The molecule has 0 saturated carbocycles. The van der Waals surface area contributed by atoms with Gasteiger partial charge >= 0.3 is 0 Å². The zero-order valence-electron chi connectivity index (χ0n) is 12.3. The fourth-order valence-electron chi connectivity index (χ4n) is 2.78. The summed E-state index contributed by atoms with van der Waals surface area (Å²) in [6.45, 7) is 2.16. The zero-order chi connectivity index (χ0) is 15.7. The maximum absolute atomic E-state index is 13.0. The van der Waals surface area contributed by atoms with Crippen LogP contribution in [0.15, 0.2) is 42.5 Å². The fourth-order valence-corrected chi connectivity index (χ4v) is 2.78. The molecule has 0 bridgehead atoms. The molecular weight excluding hydrogens is 281 g/mol. The number of benzene rings is 2. The summed E-state index contributed by atoms with van der Waals surface area (Å²) in [5, 5.41) is 0. The highest BCUT2D eigenvalue weighted by atomic mass is 19.1. The molecule has 1 aliphatic heterocycles. The van der Waals surface area contributed by atoms with Gasteiger partial charge in [0.05, 0.1) is 0 Å². The van der Waals surface area contributed by atoms with Gasteiger partial charge < -0.3 is 4.90 Å². The molecule has 0 N–H and O–H groups in total. The Kier molecular flexibility index (Phi) is 3.75. The number of ketones is 1. The van der Waals surface area contributed by atoms with E-state index < -0.39 is 0 Å². The number of Topliss-reactive ketones (excluding diaryl/α,β-unsaturated/α-hetero) is 1. The summed E-state index contributed by atoms with van der Waals surface area (Å²) in [7, 11) is 0. The lowest BCUT2D eigenvalue weighted by atomic mass is 9.97. The van der Waals surface area contributed by atoms with Gasteiger partial charge in [-0.15, -0.1) is 0 Å². The third-order valence-corrected chi connectivity index (χ3v) is 3.94. The minimum absolute atomic E-state index is 0.0183. The number of anilines is 1. The predicted octanol–water partition coefficient (Wildman–Crippen LogP) is 3.62. The van der Waals surface area contributed by atoms with E-state index in [0.717, 1.165) is 24.1 Å². The smallest absolute Gasteiger partial charge is 0.258 e. The Morgan fingerprint density at radius 3 is 2.41 bits per heavy atom. The third kappa shape index (κ3) is 2.64. The number of amides is 1. The van der Waals surface area contributed by atoms with E-state index in [1.54, 1.807) is 11.0 Å². The van der Waals surface area contributed by atoms with Crippen LogP contribution in [0.5, 0.6) is 0 Å². The predicted molar refractivity (Wildman–Crippen MR) is 82.8 cm³/mol. The first kappa shape index (κ1) is 14.4. The number of hydrogen-bond acceptors (Lipinski definition) is 2. The van der Waals surface area contributed by atoms with Crippen LogP contribution < -0.4 is 4.90 Å².